The number of carbonyl (C=O) groups excluding carboxylic acids is 1. The van der Waals surface area contributed by atoms with Crippen LogP contribution < -0.4 is 15.7 Å². The molecule has 0 saturated heterocycles. The quantitative estimate of drug-likeness (QED) is 0.699. The second-order valence-electron chi connectivity index (χ2n) is 4.39. The number of carbonyl (C=O) groups is 1. The van der Waals surface area contributed by atoms with Gasteiger partial charge in [0, 0.05) is 11.6 Å². The van der Waals surface area contributed by atoms with E-state index in [4.69, 9.17) is 16.3 Å². The Morgan fingerprint density at radius 1 is 1.48 bits per heavy atom. The van der Waals surface area contributed by atoms with Crippen molar-refractivity contribution >= 4 is 17.5 Å². The van der Waals surface area contributed by atoms with Gasteiger partial charge in [-0.3, -0.25) is 9.78 Å². The highest BCUT2D eigenvalue weighted by molar-refractivity contribution is 6.30. The minimum atomic E-state index is -0.512. The lowest BCUT2D eigenvalue weighted by molar-refractivity contribution is 0.0941. The third kappa shape index (κ3) is 4.35. The highest BCUT2D eigenvalue weighted by atomic mass is 35.5. The van der Waals surface area contributed by atoms with Gasteiger partial charge in [-0.2, -0.15) is 0 Å². The smallest absolute Gasteiger partial charge is 0.341 e. The summed E-state index contributed by atoms with van der Waals surface area (Å²) in [5.74, 6) is 0.299. The fourth-order valence-electron chi connectivity index (χ4n) is 1.69. The number of benzene rings is 1. The molecule has 2 rings (SSSR count). The number of ether oxygens (including phenoxy) is 1. The molecule has 1 aromatic carbocycles. The number of aromatic amines is 2. The average Bonchev–Trinajstić information content (AvgIpc) is 2.87. The number of hydrogen-bond donors (Lipinski definition) is 3. The lowest BCUT2D eigenvalue weighted by atomic mass is 10.2. The van der Waals surface area contributed by atoms with E-state index >= 15 is 0 Å². The number of rotatable bonds is 6. The normalized spacial score (nSPS) is 10.4. The Morgan fingerprint density at radius 3 is 2.95 bits per heavy atom. The molecule has 1 aromatic heterocycles. The number of nitrogens with one attached hydrogen (secondary N) is 3. The van der Waals surface area contributed by atoms with E-state index in [1.165, 1.54) is 0 Å². The molecule has 0 fully saturated rings. The van der Waals surface area contributed by atoms with Crippen LogP contribution in [0, 0.1) is 6.92 Å². The van der Waals surface area contributed by atoms with Gasteiger partial charge in [-0.15, -0.1) is 5.10 Å². The summed E-state index contributed by atoms with van der Waals surface area (Å²) >= 11 is 5.86. The molecule has 0 unspecified atom stereocenters. The predicted octanol–water partition coefficient (Wildman–Crippen LogP) is 1.26. The van der Waals surface area contributed by atoms with E-state index in [1.54, 1.807) is 6.07 Å². The summed E-state index contributed by atoms with van der Waals surface area (Å²) in [5.41, 5.74) is 0.447. The molecular formula is C13H15ClN4O3. The maximum Gasteiger partial charge on any atom is 0.341 e. The molecule has 0 aliphatic carbocycles. The fraction of sp³-hybridized carbons (Fsp3) is 0.308. The lowest BCUT2D eigenvalue weighted by Gasteiger charge is -2.09. The molecule has 0 spiro atoms. The van der Waals surface area contributed by atoms with Crippen molar-refractivity contribution in [3.05, 3.63) is 45.1 Å². The second-order valence-corrected chi connectivity index (χ2v) is 4.83. The van der Waals surface area contributed by atoms with Crippen molar-refractivity contribution in [1.29, 1.82) is 0 Å². The number of halogens is 1. The zero-order valence-electron chi connectivity index (χ0n) is 11.4. The first-order chi connectivity index (χ1) is 10.1. The zero-order valence-corrected chi connectivity index (χ0v) is 12.2. The van der Waals surface area contributed by atoms with Crippen LogP contribution in [0.4, 0.5) is 0 Å². The van der Waals surface area contributed by atoms with Crippen molar-refractivity contribution in [2.24, 2.45) is 0 Å². The predicted molar refractivity (Wildman–Crippen MR) is 77.8 cm³/mol. The molecule has 8 heteroatoms. The van der Waals surface area contributed by atoms with Crippen LogP contribution in [0.1, 0.15) is 22.6 Å². The minimum Gasteiger partial charge on any atom is -0.493 e. The third-order valence-electron chi connectivity index (χ3n) is 2.72. The minimum absolute atomic E-state index is 0.0329. The summed E-state index contributed by atoms with van der Waals surface area (Å²) in [4.78, 5) is 24.6. The number of aryl methyl sites for hydroxylation is 1. The Labute approximate surface area is 125 Å². The van der Waals surface area contributed by atoms with Crippen LogP contribution in [0.5, 0.6) is 5.75 Å². The standard InChI is InChI=1S/C13H15ClN4O3/c1-8-7-9(14)3-4-10(8)21-6-2-5-15-12(19)11-16-13(20)18-17-11/h3-4,7H,2,5-6H2,1H3,(H,15,19)(H2,16,17,18,20). The van der Waals surface area contributed by atoms with Crippen LogP contribution in [0.25, 0.3) is 0 Å². The van der Waals surface area contributed by atoms with Crippen LogP contribution in [-0.4, -0.2) is 34.2 Å². The van der Waals surface area contributed by atoms with Gasteiger partial charge in [0.1, 0.15) is 5.75 Å². The van der Waals surface area contributed by atoms with E-state index in [9.17, 15) is 9.59 Å². The van der Waals surface area contributed by atoms with Crippen LogP contribution in [-0.2, 0) is 0 Å². The Bertz CT molecular complexity index is 680. The number of hydrogen-bond acceptors (Lipinski definition) is 4. The molecule has 1 amide bonds. The SMILES string of the molecule is Cc1cc(Cl)ccc1OCCCNC(=O)c1n[nH]c(=O)[nH]1. The van der Waals surface area contributed by atoms with E-state index in [-0.39, 0.29) is 5.82 Å². The Kier molecular flexibility index (Phi) is 4.99. The molecule has 112 valence electrons. The first kappa shape index (κ1) is 15.1. The van der Waals surface area contributed by atoms with Gasteiger partial charge in [-0.25, -0.2) is 9.89 Å². The van der Waals surface area contributed by atoms with Crippen molar-refractivity contribution in [1.82, 2.24) is 20.5 Å². The van der Waals surface area contributed by atoms with Crippen LogP contribution >= 0.6 is 11.6 Å². The molecule has 0 aliphatic heterocycles. The van der Waals surface area contributed by atoms with Crippen LogP contribution in [0.2, 0.25) is 5.02 Å². The molecule has 0 atom stereocenters. The zero-order chi connectivity index (χ0) is 15.2. The summed E-state index contributed by atoms with van der Waals surface area (Å²) < 4.78 is 5.59. The second kappa shape index (κ2) is 6.94. The fourth-order valence-corrected chi connectivity index (χ4v) is 1.92. The molecule has 2 aromatic rings. The van der Waals surface area contributed by atoms with E-state index in [2.05, 4.69) is 20.5 Å². The summed E-state index contributed by atoms with van der Waals surface area (Å²) in [5, 5.41) is 8.96. The van der Waals surface area contributed by atoms with Gasteiger partial charge >= 0.3 is 5.69 Å². The molecular weight excluding hydrogens is 296 g/mol. The first-order valence-corrected chi connectivity index (χ1v) is 6.76. The summed E-state index contributed by atoms with van der Waals surface area (Å²) in [6.45, 7) is 2.79. The number of H-pyrrole nitrogens is 2. The van der Waals surface area contributed by atoms with Crippen molar-refractivity contribution in [2.45, 2.75) is 13.3 Å². The van der Waals surface area contributed by atoms with Crippen molar-refractivity contribution in [3.63, 3.8) is 0 Å². The van der Waals surface area contributed by atoms with E-state index < -0.39 is 11.6 Å². The maximum absolute atomic E-state index is 11.6. The Balaban J connectivity index is 1.70. The van der Waals surface area contributed by atoms with E-state index in [0.717, 1.165) is 11.3 Å². The van der Waals surface area contributed by atoms with Gasteiger partial charge in [0.15, 0.2) is 0 Å². The topological polar surface area (TPSA) is 99.9 Å². The van der Waals surface area contributed by atoms with Gasteiger partial charge in [-0.1, -0.05) is 11.6 Å². The van der Waals surface area contributed by atoms with Crippen LogP contribution in [0.3, 0.4) is 0 Å². The molecule has 3 N–H and O–H groups in total. The molecule has 1 heterocycles. The highest BCUT2D eigenvalue weighted by Crippen LogP contribution is 2.21. The van der Waals surface area contributed by atoms with Gasteiger partial charge in [0.25, 0.3) is 5.91 Å². The van der Waals surface area contributed by atoms with Gasteiger partial charge in [-0.05, 0) is 37.1 Å². The molecule has 0 saturated carbocycles. The monoisotopic (exact) mass is 310 g/mol. The lowest BCUT2D eigenvalue weighted by Crippen LogP contribution is -2.27. The largest absolute Gasteiger partial charge is 0.493 e. The molecule has 21 heavy (non-hydrogen) atoms. The highest BCUT2D eigenvalue weighted by Gasteiger charge is 2.08. The molecule has 0 radical (unpaired) electrons. The first-order valence-electron chi connectivity index (χ1n) is 6.38. The van der Waals surface area contributed by atoms with E-state index in [0.29, 0.717) is 24.6 Å². The van der Waals surface area contributed by atoms with Crippen molar-refractivity contribution in [3.8, 4) is 5.75 Å². The molecule has 7 nitrogen and oxygen atoms in total. The van der Waals surface area contributed by atoms with Gasteiger partial charge in [0.2, 0.25) is 5.82 Å². The summed E-state index contributed by atoms with van der Waals surface area (Å²) in [6, 6.07) is 5.40. The molecule has 0 bridgehead atoms. The van der Waals surface area contributed by atoms with Gasteiger partial charge < -0.3 is 10.1 Å². The average molecular weight is 311 g/mol. The van der Waals surface area contributed by atoms with Crippen molar-refractivity contribution in [2.75, 3.05) is 13.2 Å². The third-order valence-corrected chi connectivity index (χ3v) is 2.95. The Hall–Kier alpha value is -2.28. The molecule has 0 aliphatic rings. The number of aromatic nitrogens is 3. The maximum atomic E-state index is 11.6. The van der Waals surface area contributed by atoms with Gasteiger partial charge in [0.05, 0.1) is 6.61 Å². The Morgan fingerprint density at radius 2 is 2.29 bits per heavy atom. The number of amides is 1. The summed E-state index contributed by atoms with van der Waals surface area (Å²) in [7, 11) is 0. The summed E-state index contributed by atoms with van der Waals surface area (Å²) in [6.07, 6.45) is 0.627. The van der Waals surface area contributed by atoms with Crippen molar-refractivity contribution < 1.29 is 9.53 Å². The number of nitrogens with zero attached hydrogens (tertiary/aromatic N) is 1. The van der Waals surface area contributed by atoms with E-state index in [1.807, 2.05) is 19.1 Å². The van der Waals surface area contributed by atoms with Crippen LogP contribution in [0.15, 0.2) is 23.0 Å².